The van der Waals surface area contributed by atoms with Gasteiger partial charge < -0.3 is 15.3 Å². The molecule has 0 aliphatic carbocycles. The molecule has 2 heterocycles. The molecule has 4 amide bonds. The van der Waals surface area contributed by atoms with Crippen molar-refractivity contribution in [2.24, 2.45) is 0 Å². The number of benzene rings is 1. The number of carbonyl (C=O) groups is 4. The molecule has 2 fully saturated rings. The molecule has 3 rings (SSSR count). The molecule has 5 atom stereocenters. The normalized spacial score (nSPS) is 24.2. The molecule has 0 radical (unpaired) electrons. The molecule has 4 N–H and O–H groups in total. The number of rotatable bonds is 8. The number of aliphatic carboxylic acids is 1. The lowest BCUT2D eigenvalue weighted by molar-refractivity contribution is -0.161. The molecule has 2 aliphatic rings. The predicted octanol–water partition coefficient (Wildman–Crippen LogP) is 1.45. The largest absolute Gasteiger partial charge is 0.651 e. The number of fused-ring (bicyclic) bond motifs is 1. The number of urea groups is 1. The summed E-state index contributed by atoms with van der Waals surface area (Å²) in [6.45, 7) is 4.91. The Balaban J connectivity index is 1.91. The molecule has 1 aromatic rings. The first-order chi connectivity index (χ1) is 15.5. The molecule has 0 aromatic heterocycles. The van der Waals surface area contributed by atoms with Gasteiger partial charge in [-0.25, -0.2) is 15.1 Å². The van der Waals surface area contributed by atoms with Crippen molar-refractivity contribution in [1.82, 2.24) is 20.4 Å². The zero-order chi connectivity index (χ0) is 24.5. The Hall–Kier alpha value is -2.73. The molecule has 178 valence electrons. The second-order valence-corrected chi connectivity index (χ2v) is 10.8. The summed E-state index contributed by atoms with van der Waals surface area (Å²) < 4.78 is 17.4. The number of hydroxylamine groups is 1. The van der Waals surface area contributed by atoms with E-state index in [9.17, 15) is 28.8 Å². The molecule has 14 heteroatoms. The summed E-state index contributed by atoms with van der Waals surface area (Å²) in [6.07, 6.45) is 0. The fourth-order valence-electron chi connectivity index (χ4n) is 3.93. The van der Waals surface area contributed by atoms with Crippen LogP contribution in [0, 0.1) is 0 Å². The van der Waals surface area contributed by atoms with Crippen LogP contribution < -0.4 is 10.8 Å². The third-order valence-electron chi connectivity index (χ3n) is 5.30. The van der Waals surface area contributed by atoms with Crippen LogP contribution in [0.15, 0.2) is 30.3 Å². The van der Waals surface area contributed by atoms with Crippen molar-refractivity contribution in [3.63, 3.8) is 0 Å². The van der Waals surface area contributed by atoms with Gasteiger partial charge in [-0.05, 0) is 30.9 Å². The molecule has 2 aliphatic heterocycles. The van der Waals surface area contributed by atoms with Gasteiger partial charge in [0, 0.05) is 4.75 Å². The Morgan fingerprint density at radius 1 is 1.30 bits per heavy atom. The van der Waals surface area contributed by atoms with Crippen molar-refractivity contribution in [3.05, 3.63) is 35.9 Å². The van der Waals surface area contributed by atoms with Crippen molar-refractivity contribution in [2.75, 3.05) is 6.61 Å². The van der Waals surface area contributed by atoms with Crippen molar-refractivity contribution in [2.45, 2.75) is 49.0 Å². The topological polar surface area (TPSA) is 166 Å². The molecular formula is C19H24N4O8PS+. The SMILES string of the molecule is CCO[P+](=O)N(C(=O)NO)C(C(=O)N[C@@H]1C(=O)N2[C@@H]1SC(C)(C)[C@@H]2C(=O)O)c1ccccc1. The van der Waals surface area contributed by atoms with Gasteiger partial charge in [-0.2, -0.15) is 0 Å². The van der Waals surface area contributed by atoms with E-state index in [0.717, 1.165) is 0 Å². The quantitative estimate of drug-likeness (QED) is 0.179. The molecule has 12 nitrogen and oxygen atoms in total. The van der Waals surface area contributed by atoms with Gasteiger partial charge in [0.25, 0.3) is 5.91 Å². The fourth-order valence-corrected chi connectivity index (χ4v) is 6.52. The summed E-state index contributed by atoms with van der Waals surface area (Å²) in [5.41, 5.74) is 1.62. The van der Waals surface area contributed by atoms with E-state index < -0.39 is 60.2 Å². The van der Waals surface area contributed by atoms with Gasteiger partial charge in [-0.3, -0.25) is 14.8 Å². The smallest absolute Gasteiger partial charge is 0.480 e. The summed E-state index contributed by atoms with van der Waals surface area (Å²) in [5.74, 6) is -2.56. The molecule has 0 bridgehead atoms. The predicted molar refractivity (Wildman–Crippen MR) is 116 cm³/mol. The monoisotopic (exact) mass is 499 g/mol. The van der Waals surface area contributed by atoms with E-state index in [1.165, 1.54) is 34.3 Å². The van der Waals surface area contributed by atoms with Crippen LogP contribution in [0.25, 0.3) is 0 Å². The second kappa shape index (κ2) is 9.64. The van der Waals surface area contributed by atoms with Gasteiger partial charge in [0.15, 0.2) is 6.04 Å². The minimum Gasteiger partial charge on any atom is -0.480 e. The lowest BCUT2D eigenvalue weighted by Crippen LogP contribution is -2.71. The van der Waals surface area contributed by atoms with Crippen molar-refractivity contribution >= 4 is 43.8 Å². The third kappa shape index (κ3) is 4.54. The number of carboxylic acid groups (broad SMARTS) is 1. The molecule has 2 saturated heterocycles. The first-order valence-corrected chi connectivity index (χ1v) is 12.0. The summed E-state index contributed by atoms with van der Waals surface area (Å²) in [6, 6.07) is 3.06. The zero-order valence-electron chi connectivity index (χ0n) is 18.0. The van der Waals surface area contributed by atoms with Crippen LogP contribution in [-0.4, -0.2) is 72.5 Å². The highest BCUT2D eigenvalue weighted by Crippen LogP contribution is 2.51. The number of hydrogen-bond acceptors (Lipinski definition) is 8. The lowest BCUT2D eigenvalue weighted by Gasteiger charge is -2.44. The van der Waals surface area contributed by atoms with E-state index in [0.29, 0.717) is 4.67 Å². The van der Waals surface area contributed by atoms with E-state index in [2.05, 4.69) is 5.32 Å². The maximum atomic E-state index is 13.3. The second-order valence-electron chi connectivity index (χ2n) is 7.81. The number of carboxylic acids is 1. The van der Waals surface area contributed by atoms with Gasteiger partial charge in [0.2, 0.25) is 5.91 Å². The Bertz CT molecular complexity index is 978. The van der Waals surface area contributed by atoms with E-state index in [-0.39, 0.29) is 12.2 Å². The van der Waals surface area contributed by atoms with Crippen LogP contribution in [0.4, 0.5) is 4.79 Å². The van der Waals surface area contributed by atoms with E-state index in [1.54, 1.807) is 39.0 Å². The summed E-state index contributed by atoms with van der Waals surface area (Å²) in [7, 11) is -2.88. The molecular weight excluding hydrogens is 475 g/mol. The highest BCUT2D eigenvalue weighted by molar-refractivity contribution is 8.01. The zero-order valence-corrected chi connectivity index (χ0v) is 19.7. The summed E-state index contributed by atoms with van der Waals surface area (Å²) in [4.78, 5) is 51.3. The maximum absolute atomic E-state index is 13.3. The average molecular weight is 499 g/mol. The molecule has 2 unspecified atom stereocenters. The number of thioether (sulfide) groups is 1. The molecule has 0 spiro atoms. The van der Waals surface area contributed by atoms with Crippen LogP contribution in [-0.2, 0) is 23.5 Å². The Kier molecular flexibility index (Phi) is 7.27. The van der Waals surface area contributed by atoms with Crippen molar-refractivity contribution < 1.29 is 38.6 Å². The van der Waals surface area contributed by atoms with E-state index >= 15 is 0 Å². The number of β-lactam (4-membered cyclic amide) rings is 1. The highest BCUT2D eigenvalue weighted by atomic mass is 32.2. The number of amides is 4. The lowest BCUT2D eigenvalue weighted by atomic mass is 9.95. The first kappa shape index (κ1) is 24.9. The third-order valence-corrected chi connectivity index (χ3v) is 8.12. The average Bonchev–Trinajstić information content (AvgIpc) is 3.03. The number of hydrogen-bond donors (Lipinski definition) is 4. The minimum absolute atomic E-state index is 0.0337. The Morgan fingerprint density at radius 3 is 2.48 bits per heavy atom. The van der Waals surface area contributed by atoms with Crippen LogP contribution in [0.1, 0.15) is 32.4 Å². The van der Waals surface area contributed by atoms with Crippen molar-refractivity contribution in [3.8, 4) is 0 Å². The van der Waals surface area contributed by atoms with Gasteiger partial charge in [0.1, 0.15) is 24.1 Å². The van der Waals surface area contributed by atoms with Gasteiger partial charge in [-0.1, -0.05) is 35.0 Å². The van der Waals surface area contributed by atoms with Gasteiger partial charge in [0.05, 0.1) is 0 Å². The van der Waals surface area contributed by atoms with Crippen LogP contribution in [0.2, 0.25) is 0 Å². The molecule has 1 aromatic carbocycles. The Morgan fingerprint density at radius 2 is 1.94 bits per heavy atom. The minimum atomic E-state index is -2.88. The standard InChI is InChI=1S/C19H23N4O8PS/c1-4-31-32(30)23(18(28)21-29)12(10-8-6-5-7-9-10)14(24)20-11-15(25)22-13(17(26)27)19(2,3)33-16(11)22/h5-9,11-13,16H,4H2,1-3H3,(H3-,20,21,24,26,27,28,29)/p+1/t11-,12?,13+,16-/m1/s1. The van der Waals surface area contributed by atoms with E-state index in [4.69, 9.17) is 9.73 Å². The van der Waals surface area contributed by atoms with E-state index in [1.807, 2.05) is 0 Å². The van der Waals surface area contributed by atoms with Gasteiger partial charge >= 0.3 is 20.2 Å². The highest BCUT2D eigenvalue weighted by Gasteiger charge is 2.64. The van der Waals surface area contributed by atoms with Crippen LogP contribution >= 0.6 is 19.9 Å². The van der Waals surface area contributed by atoms with Crippen molar-refractivity contribution in [1.29, 1.82) is 0 Å². The van der Waals surface area contributed by atoms with Crippen LogP contribution in [0.5, 0.6) is 0 Å². The van der Waals surface area contributed by atoms with Gasteiger partial charge in [-0.15, -0.1) is 16.3 Å². The number of carbonyl (C=O) groups excluding carboxylic acids is 3. The summed E-state index contributed by atoms with van der Waals surface area (Å²) in [5, 5.41) is 20.7. The molecule has 33 heavy (non-hydrogen) atoms. The summed E-state index contributed by atoms with van der Waals surface area (Å²) >= 11 is 1.24. The number of nitrogens with zero attached hydrogens (tertiary/aromatic N) is 2. The van der Waals surface area contributed by atoms with Crippen LogP contribution in [0.3, 0.4) is 0 Å². The fraction of sp³-hybridized carbons (Fsp3) is 0.474. The Labute approximate surface area is 194 Å². The first-order valence-electron chi connectivity index (χ1n) is 9.96. The molecule has 0 saturated carbocycles. The maximum Gasteiger partial charge on any atom is 0.651 e. The number of nitrogens with one attached hydrogen (secondary N) is 2.